The van der Waals surface area contributed by atoms with Gasteiger partial charge in [-0.3, -0.25) is 9.89 Å². The Morgan fingerprint density at radius 2 is 1.80 bits per heavy atom. The Kier molecular flexibility index (Phi) is 10.2. The molecule has 0 amide bonds. The number of nitrogens with zero attached hydrogens (tertiary/aromatic N) is 2. The topological polar surface area (TPSA) is 69.1 Å². The molecule has 0 radical (unpaired) electrons. The molecule has 0 saturated heterocycles. The van der Waals surface area contributed by atoms with Crippen molar-refractivity contribution in [1.29, 1.82) is 0 Å². The lowest BCUT2D eigenvalue weighted by atomic mass is 10.1. The van der Waals surface area contributed by atoms with Gasteiger partial charge in [0.05, 0.1) is 19.8 Å². The van der Waals surface area contributed by atoms with Gasteiger partial charge in [-0.25, -0.2) is 0 Å². The molecule has 30 heavy (non-hydrogen) atoms. The molecular weight excluding hydrogens is 376 g/mol. The van der Waals surface area contributed by atoms with Crippen molar-refractivity contribution in [3.05, 3.63) is 65.7 Å². The van der Waals surface area contributed by atoms with Gasteiger partial charge < -0.3 is 20.5 Å². The molecule has 0 aliphatic rings. The van der Waals surface area contributed by atoms with Crippen LogP contribution in [0.25, 0.3) is 0 Å². The highest BCUT2D eigenvalue weighted by Crippen LogP contribution is 2.17. The molecular formula is C24H36N4O2. The summed E-state index contributed by atoms with van der Waals surface area (Å²) in [6, 6.07) is 18.4. The standard InChI is InChI=1S/C24H36N4O2/c1-5-25-24(27-17-23(29)21-11-13-22(30-4)14-12-21)26-16-15-19(2)28(3)18-20-9-7-6-8-10-20/h6-14,19,23,29H,5,15-18H2,1-4H3,(H2,25,26,27). The molecule has 2 unspecified atom stereocenters. The fourth-order valence-electron chi connectivity index (χ4n) is 3.10. The van der Waals surface area contributed by atoms with Crippen LogP contribution in [0.5, 0.6) is 5.75 Å². The molecule has 2 aromatic rings. The van der Waals surface area contributed by atoms with Crippen LogP contribution in [0.15, 0.2) is 59.6 Å². The molecule has 0 fully saturated rings. The van der Waals surface area contributed by atoms with Crippen LogP contribution < -0.4 is 15.4 Å². The van der Waals surface area contributed by atoms with Gasteiger partial charge in [0, 0.05) is 25.7 Å². The summed E-state index contributed by atoms with van der Waals surface area (Å²) in [6.45, 7) is 7.09. The third-order valence-electron chi connectivity index (χ3n) is 5.15. The molecule has 6 nitrogen and oxygen atoms in total. The highest BCUT2D eigenvalue weighted by molar-refractivity contribution is 5.79. The van der Waals surface area contributed by atoms with E-state index in [0.717, 1.165) is 43.3 Å². The van der Waals surface area contributed by atoms with Crippen molar-refractivity contribution in [2.45, 2.75) is 39.0 Å². The minimum atomic E-state index is -0.651. The molecule has 2 atom stereocenters. The second-order valence-corrected chi connectivity index (χ2v) is 7.47. The summed E-state index contributed by atoms with van der Waals surface area (Å²) in [5.41, 5.74) is 2.15. The SMILES string of the molecule is CCNC(=NCC(O)c1ccc(OC)cc1)NCCC(C)N(C)Cc1ccccc1. The van der Waals surface area contributed by atoms with Crippen LogP contribution in [0, 0.1) is 0 Å². The number of methoxy groups -OCH3 is 1. The number of hydrogen-bond donors (Lipinski definition) is 3. The van der Waals surface area contributed by atoms with Crippen molar-refractivity contribution in [2.24, 2.45) is 4.99 Å². The van der Waals surface area contributed by atoms with Gasteiger partial charge in [0.15, 0.2) is 5.96 Å². The predicted molar refractivity (Wildman–Crippen MR) is 124 cm³/mol. The average Bonchev–Trinajstić information content (AvgIpc) is 2.77. The first kappa shape index (κ1) is 23.7. The largest absolute Gasteiger partial charge is 0.497 e. The molecule has 0 aliphatic heterocycles. The number of nitrogens with one attached hydrogen (secondary N) is 2. The van der Waals surface area contributed by atoms with Gasteiger partial charge in [-0.05, 0) is 50.6 Å². The first-order valence-electron chi connectivity index (χ1n) is 10.6. The summed E-state index contributed by atoms with van der Waals surface area (Å²) < 4.78 is 5.16. The fraction of sp³-hybridized carbons (Fsp3) is 0.458. The number of rotatable bonds is 11. The summed E-state index contributed by atoms with van der Waals surface area (Å²) in [7, 11) is 3.78. The summed E-state index contributed by atoms with van der Waals surface area (Å²) in [5.74, 6) is 1.50. The van der Waals surface area contributed by atoms with E-state index >= 15 is 0 Å². The second-order valence-electron chi connectivity index (χ2n) is 7.47. The zero-order valence-corrected chi connectivity index (χ0v) is 18.6. The van der Waals surface area contributed by atoms with Crippen molar-refractivity contribution < 1.29 is 9.84 Å². The van der Waals surface area contributed by atoms with E-state index in [-0.39, 0.29) is 0 Å². The van der Waals surface area contributed by atoms with Gasteiger partial charge in [0.2, 0.25) is 0 Å². The number of guanidine groups is 1. The van der Waals surface area contributed by atoms with E-state index in [1.54, 1.807) is 7.11 Å². The van der Waals surface area contributed by atoms with Crippen molar-refractivity contribution in [3.63, 3.8) is 0 Å². The third-order valence-corrected chi connectivity index (χ3v) is 5.15. The smallest absolute Gasteiger partial charge is 0.191 e. The summed E-state index contributed by atoms with van der Waals surface area (Å²) in [6.07, 6.45) is 0.344. The average molecular weight is 413 g/mol. The molecule has 0 spiro atoms. The number of aliphatic hydroxyl groups excluding tert-OH is 1. The zero-order chi connectivity index (χ0) is 21.8. The minimum Gasteiger partial charge on any atom is -0.497 e. The molecule has 2 rings (SSSR count). The number of ether oxygens (including phenoxy) is 1. The number of hydrogen-bond acceptors (Lipinski definition) is 4. The molecule has 0 aromatic heterocycles. The molecule has 0 saturated carbocycles. The Bertz CT molecular complexity index is 750. The first-order valence-corrected chi connectivity index (χ1v) is 10.6. The molecule has 3 N–H and O–H groups in total. The van der Waals surface area contributed by atoms with Gasteiger partial charge >= 0.3 is 0 Å². The maximum atomic E-state index is 10.4. The number of aliphatic imine (C=N–C) groups is 1. The first-order chi connectivity index (χ1) is 14.5. The van der Waals surface area contributed by atoms with Crippen LogP contribution in [0.3, 0.4) is 0 Å². The van der Waals surface area contributed by atoms with E-state index in [1.165, 1.54) is 5.56 Å². The van der Waals surface area contributed by atoms with E-state index in [9.17, 15) is 5.11 Å². The van der Waals surface area contributed by atoms with Gasteiger partial charge in [-0.1, -0.05) is 42.5 Å². The lowest BCUT2D eigenvalue weighted by Gasteiger charge is -2.25. The lowest BCUT2D eigenvalue weighted by Crippen LogP contribution is -2.40. The van der Waals surface area contributed by atoms with Gasteiger partial charge in [-0.2, -0.15) is 0 Å². The summed E-state index contributed by atoms with van der Waals surface area (Å²) in [4.78, 5) is 6.90. The lowest BCUT2D eigenvalue weighted by molar-refractivity contribution is 0.187. The van der Waals surface area contributed by atoms with E-state index < -0.39 is 6.10 Å². The maximum absolute atomic E-state index is 10.4. The molecule has 164 valence electrons. The molecule has 2 aromatic carbocycles. The molecule has 0 aliphatic carbocycles. The second kappa shape index (κ2) is 12.9. The highest BCUT2D eigenvalue weighted by Gasteiger charge is 2.11. The molecule has 6 heteroatoms. The van der Waals surface area contributed by atoms with Gasteiger partial charge in [0.25, 0.3) is 0 Å². The van der Waals surface area contributed by atoms with Crippen LogP contribution in [-0.2, 0) is 6.54 Å². The Balaban J connectivity index is 1.80. The fourth-order valence-corrected chi connectivity index (χ4v) is 3.10. The Hall–Kier alpha value is -2.57. The van der Waals surface area contributed by atoms with Crippen molar-refractivity contribution >= 4 is 5.96 Å². The monoisotopic (exact) mass is 412 g/mol. The number of benzene rings is 2. The quantitative estimate of drug-likeness (QED) is 0.391. The summed E-state index contributed by atoms with van der Waals surface area (Å²) >= 11 is 0. The van der Waals surface area contributed by atoms with Crippen molar-refractivity contribution in [1.82, 2.24) is 15.5 Å². The molecule has 0 heterocycles. The van der Waals surface area contributed by atoms with Crippen molar-refractivity contribution in [2.75, 3.05) is 33.8 Å². The van der Waals surface area contributed by atoms with E-state index in [2.05, 4.69) is 58.8 Å². The Morgan fingerprint density at radius 3 is 2.43 bits per heavy atom. The van der Waals surface area contributed by atoms with E-state index in [0.29, 0.717) is 12.6 Å². The number of aliphatic hydroxyl groups is 1. The minimum absolute atomic E-state index is 0.297. The van der Waals surface area contributed by atoms with Crippen LogP contribution in [0.2, 0.25) is 0 Å². The highest BCUT2D eigenvalue weighted by atomic mass is 16.5. The van der Waals surface area contributed by atoms with E-state index in [4.69, 9.17) is 4.74 Å². The Labute approximate surface area is 181 Å². The van der Waals surface area contributed by atoms with Crippen molar-refractivity contribution in [3.8, 4) is 5.75 Å². The van der Waals surface area contributed by atoms with Crippen LogP contribution in [0.4, 0.5) is 0 Å². The zero-order valence-electron chi connectivity index (χ0n) is 18.6. The Morgan fingerprint density at radius 1 is 1.10 bits per heavy atom. The maximum Gasteiger partial charge on any atom is 0.191 e. The van der Waals surface area contributed by atoms with Crippen LogP contribution in [-0.4, -0.2) is 55.8 Å². The van der Waals surface area contributed by atoms with E-state index in [1.807, 2.05) is 37.3 Å². The third kappa shape index (κ3) is 8.05. The van der Waals surface area contributed by atoms with Gasteiger partial charge in [0.1, 0.15) is 5.75 Å². The summed E-state index contributed by atoms with van der Waals surface area (Å²) in [5, 5.41) is 17.0. The van der Waals surface area contributed by atoms with Crippen LogP contribution in [0.1, 0.15) is 37.5 Å². The van der Waals surface area contributed by atoms with Crippen LogP contribution >= 0.6 is 0 Å². The van der Waals surface area contributed by atoms with Gasteiger partial charge in [-0.15, -0.1) is 0 Å². The molecule has 0 bridgehead atoms. The predicted octanol–water partition coefficient (Wildman–Crippen LogP) is 3.19. The normalized spacial score (nSPS) is 13.7.